The molecule has 0 radical (unpaired) electrons. The van der Waals surface area contributed by atoms with Gasteiger partial charge in [0.2, 0.25) is 5.91 Å². The lowest BCUT2D eigenvalue weighted by Crippen LogP contribution is -2.60. The molecule has 1 rings (SSSR count). The summed E-state index contributed by atoms with van der Waals surface area (Å²) in [6.45, 7) is 3.82. The number of aliphatic hydroxyl groups excluding tert-OH is 5. The highest BCUT2D eigenvalue weighted by Gasteiger charge is 2.44. The molecule has 6 N–H and O–H groups in total. The molecule has 7 unspecified atom stereocenters. The third-order valence-electron chi connectivity index (χ3n) is 18.4. The quantitative estimate of drug-likeness (QED) is 0.0261. The highest BCUT2D eigenvalue weighted by molar-refractivity contribution is 5.76. The summed E-state index contributed by atoms with van der Waals surface area (Å²) in [5.74, 6) is -0.171. The number of amides is 1. The average Bonchev–Trinajstić information content (AvgIpc) is 3.47. The van der Waals surface area contributed by atoms with Gasteiger partial charge in [-0.25, -0.2) is 0 Å². The summed E-state index contributed by atoms with van der Waals surface area (Å²) in [7, 11) is 0. The fraction of sp³-hybridized carbons (Fsp3) is 0.885. The number of carbonyl (C=O) groups is 1. The van der Waals surface area contributed by atoms with Crippen LogP contribution in [0.15, 0.2) is 48.6 Å². The molecule has 0 aromatic rings. The molecule has 1 aliphatic rings. The van der Waals surface area contributed by atoms with Gasteiger partial charge in [0.15, 0.2) is 6.29 Å². The summed E-state index contributed by atoms with van der Waals surface area (Å²) in [6, 6.07) is -0.808. The molecule has 0 bridgehead atoms. The van der Waals surface area contributed by atoms with Gasteiger partial charge in [-0.05, 0) is 57.8 Å². The maximum Gasteiger partial charge on any atom is 0.220 e. The van der Waals surface area contributed by atoms with Gasteiger partial charge in [-0.3, -0.25) is 4.79 Å². The van der Waals surface area contributed by atoms with Gasteiger partial charge in [0.25, 0.3) is 0 Å². The van der Waals surface area contributed by atoms with E-state index in [0.717, 1.165) is 51.4 Å². The van der Waals surface area contributed by atoms with Crippen LogP contribution in [0.1, 0.15) is 386 Å². The molecule has 0 saturated carbocycles. The lowest BCUT2D eigenvalue weighted by Gasteiger charge is -2.40. The third kappa shape index (κ3) is 55.5. The molecule has 7 atom stereocenters. The van der Waals surface area contributed by atoms with Crippen LogP contribution in [0.4, 0.5) is 0 Å². The number of unbranched alkanes of at least 4 members (excludes halogenated alkanes) is 52. The Hall–Kier alpha value is -1.85. The minimum atomic E-state index is -1.57. The van der Waals surface area contributed by atoms with Crippen molar-refractivity contribution in [2.24, 2.45) is 0 Å². The Balaban J connectivity index is 2.09. The van der Waals surface area contributed by atoms with Crippen molar-refractivity contribution in [3.05, 3.63) is 48.6 Å². The normalized spacial score (nSPS) is 18.2. The Morgan fingerprint density at radius 2 is 0.678 bits per heavy atom. The van der Waals surface area contributed by atoms with E-state index in [-0.39, 0.29) is 12.5 Å². The number of aliphatic hydroxyl groups is 5. The van der Waals surface area contributed by atoms with Gasteiger partial charge in [0, 0.05) is 6.42 Å². The van der Waals surface area contributed by atoms with E-state index >= 15 is 0 Å². The van der Waals surface area contributed by atoms with E-state index < -0.39 is 49.5 Å². The van der Waals surface area contributed by atoms with Gasteiger partial charge in [-0.15, -0.1) is 0 Å². The predicted molar refractivity (Wildman–Crippen MR) is 373 cm³/mol. The van der Waals surface area contributed by atoms with Gasteiger partial charge in [-0.2, -0.15) is 0 Å². The van der Waals surface area contributed by atoms with Crippen LogP contribution in [0.2, 0.25) is 0 Å². The van der Waals surface area contributed by atoms with Crippen molar-refractivity contribution in [2.75, 3.05) is 13.2 Å². The van der Waals surface area contributed by atoms with Crippen molar-refractivity contribution in [1.29, 1.82) is 0 Å². The third-order valence-corrected chi connectivity index (χ3v) is 18.4. The van der Waals surface area contributed by atoms with Crippen LogP contribution in [0.3, 0.4) is 0 Å². The van der Waals surface area contributed by atoms with Gasteiger partial charge >= 0.3 is 0 Å². The monoisotopic (exact) mass is 1230 g/mol. The van der Waals surface area contributed by atoms with E-state index in [1.807, 2.05) is 6.08 Å². The van der Waals surface area contributed by atoms with Crippen molar-refractivity contribution in [2.45, 2.75) is 429 Å². The fourth-order valence-corrected chi connectivity index (χ4v) is 12.4. The minimum Gasteiger partial charge on any atom is -0.394 e. The number of rotatable bonds is 68. The molecule has 0 aromatic carbocycles. The first-order chi connectivity index (χ1) is 42.8. The van der Waals surface area contributed by atoms with Gasteiger partial charge in [-0.1, -0.05) is 371 Å². The van der Waals surface area contributed by atoms with Gasteiger partial charge in [0.05, 0.1) is 25.4 Å². The molecule has 512 valence electrons. The molecule has 1 saturated heterocycles. The smallest absolute Gasteiger partial charge is 0.220 e. The number of carbonyl (C=O) groups excluding carboxylic acids is 1. The predicted octanol–water partition coefficient (Wildman–Crippen LogP) is 21.5. The van der Waals surface area contributed by atoms with E-state index in [1.165, 1.54) is 315 Å². The zero-order valence-electron chi connectivity index (χ0n) is 57.5. The van der Waals surface area contributed by atoms with Crippen LogP contribution in [0.5, 0.6) is 0 Å². The minimum absolute atomic E-state index is 0.171. The average molecular weight is 1230 g/mol. The molecule has 1 amide bonds. The maximum absolute atomic E-state index is 13.2. The first-order valence-electron chi connectivity index (χ1n) is 38.4. The summed E-state index contributed by atoms with van der Waals surface area (Å²) in [5.41, 5.74) is 0. The summed E-state index contributed by atoms with van der Waals surface area (Å²) >= 11 is 0. The molecule has 9 heteroatoms. The first kappa shape index (κ1) is 83.2. The number of nitrogens with one attached hydrogen (secondary N) is 1. The summed E-state index contributed by atoms with van der Waals surface area (Å²) in [6.07, 6.45) is 85.3. The molecule has 87 heavy (non-hydrogen) atoms. The SMILES string of the molecule is CCCCCCC/C=C\C/C=C\C/C=C\CCCCCCCCCCCCCCCCCCC(=O)NC(COC1OC(CO)C(O)C(O)C1O)C(O)/C=C/CCCCCCCCCCCCCCCCCCCCCCCCCCCCCCCCC. The van der Waals surface area contributed by atoms with Crippen LogP contribution >= 0.6 is 0 Å². The van der Waals surface area contributed by atoms with Crippen LogP contribution in [-0.4, -0.2) is 87.5 Å². The highest BCUT2D eigenvalue weighted by Crippen LogP contribution is 2.24. The molecular weight excluding hydrogens is 1080 g/mol. The largest absolute Gasteiger partial charge is 0.394 e. The van der Waals surface area contributed by atoms with Crippen molar-refractivity contribution >= 4 is 5.91 Å². The zero-order valence-corrected chi connectivity index (χ0v) is 57.5. The Kier molecular flexibility index (Phi) is 64.1. The molecule has 1 heterocycles. The molecule has 9 nitrogen and oxygen atoms in total. The fourth-order valence-electron chi connectivity index (χ4n) is 12.4. The van der Waals surface area contributed by atoms with Crippen molar-refractivity contribution in [1.82, 2.24) is 5.32 Å². The van der Waals surface area contributed by atoms with Crippen molar-refractivity contribution in [3.8, 4) is 0 Å². The number of ether oxygens (including phenoxy) is 2. The van der Waals surface area contributed by atoms with Crippen molar-refractivity contribution < 1.29 is 39.8 Å². The van der Waals surface area contributed by atoms with E-state index in [2.05, 4.69) is 55.6 Å². The van der Waals surface area contributed by atoms with Crippen LogP contribution < -0.4 is 5.32 Å². The summed E-state index contributed by atoms with van der Waals surface area (Å²) in [5, 5.41) is 54.9. The second kappa shape index (κ2) is 67.1. The van der Waals surface area contributed by atoms with Crippen LogP contribution in [-0.2, 0) is 14.3 Å². The molecule has 0 aromatic heterocycles. The zero-order chi connectivity index (χ0) is 62.8. The number of hydrogen-bond acceptors (Lipinski definition) is 8. The highest BCUT2D eigenvalue weighted by atomic mass is 16.7. The van der Waals surface area contributed by atoms with E-state index in [9.17, 15) is 30.3 Å². The number of allylic oxidation sites excluding steroid dienone is 7. The molecule has 1 fully saturated rings. The molecule has 1 aliphatic heterocycles. The lowest BCUT2D eigenvalue weighted by molar-refractivity contribution is -0.302. The van der Waals surface area contributed by atoms with E-state index in [0.29, 0.717) is 6.42 Å². The van der Waals surface area contributed by atoms with Crippen molar-refractivity contribution in [3.63, 3.8) is 0 Å². The summed E-state index contributed by atoms with van der Waals surface area (Å²) in [4.78, 5) is 13.2. The lowest BCUT2D eigenvalue weighted by atomic mass is 9.99. The topological polar surface area (TPSA) is 149 Å². The first-order valence-corrected chi connectivity index (χ1v) is 38.4. The standard InChI is InChI=1S/C78H147NO8/c1-3-5-7-9-11-13-15-17-19-21-23-25-27-29-31-33-35-36-38-39-41-43-45-47-49-51-53-55-57-59-61-63-65-67-72(81)71(70-86-78-77(85)76(84)75(83)73(69-80)87-78)79-74(82)68-66-64-62-60-58-56-54-52-50-48-46-44-42-40-37-34-32-30-28-26-24-22-20-18-16-14-12-10-8-6-4-2/h16,18,22,24,28,30,65,67,71-73,75-78,80-81,83-85H,3-15,17,19-21,23,25-27,29,31-64,66,68-70H2,1-2H3,(H,79,82)/b18-16-,24-22-,30-28-,67-65+. The van der Waals surface area contributed by atoms with Crippen LogP contribution in [0.25, 0.3) is 0 Å². The van der Waals surface area contributed by atoms with Gasteiger partial charge < -0.3 is 40.3 Å². The Morgan fingerprint density at radius 3 is 1.00 bits per heavy atom. The Morgan fingerprint density at radius 1 is 0.391 bits per heavy atom. The number of hydrogen-bond donors (Lipinski definition) is 6. The van der Waals surface area contributed by atoms with Crippen LogP contribution in [0, 0.1) is 0 Å². The van der Waals surface area contributed by atoms with E-state index in [1.54, 1.807) is 6.08 Å². The Labute approximate surface area is 539 Å². The second-order valence-electron chi connectivity index (χ2n) is 26.8. The van der Waals surface area contributed by atoms with E-state index in [4.69, 9.17) is 9.47 Å². The Bertz CT molecular complexity index is 1520. The second-order valence-corrected chi connectivity index (χ2v) is 26.8. The molecular formula is C78H147NO8. The van der Waals surface area contributed by atoms with Gasteiger partial charge in [0.1, 0.15) is 24.4 Å². The molecule has 0 aliphatic carbocycles. The maximum atomic E-state index is 13.2. The summed E-state index contributed by atoms with van der Waals surface area (Å²) < 4.78 is 11.3. The molecule has 0 spiro atoms.